The monoisotopic (exact) mass is 397 g/mol. The molecule has 29 heavy (non-hydrogen) atoms. The third kappa shape index (κ3) is 5.79. The number of aromatic nitrogens is 2. The molecule has 0 aliphatic rings. The highest BCUT2D eigenvalue weighted by molar-refractivity contribution is 5.92. The number of carbonyl (C=O) groups is 2. The van der Waals surface area contributed by atoms with Crippen LogP contribution in [0.5, 0.6) is 0 Å². The number of benzene rings is 1. The quantitative estimate of drug-likeness (QED) is 0.505. The molecule has 6 nitrogen and oxygen atoms in total. The van der Waals surface area contributed by atoms with E-state index in [1.54, 1.807) is 17.9 Å². The lowest BCUT2D eigenvalue weighted by molar-refractivity contribution is -0.146. The summed E-state index contributed by atoms with van der Waals surface area (Å²) >= 11 is 0. The van der Waals surface area contributed by atoms with E-state index in [0.29, 0.717) is 19.6 Å². The highest BCUT2D eigenvalue weighted by atomic mass is 16.5. The number of methoxy groups -OCH3 is 1. The Bertz CT molecular complexity index is 882. The van der Waals surface area contributed by atoms with Crippen LogP contribution in [-0.2, 0) is 20.9 Å². The number of hydrogen-bond acceptors (Lipinski definition) is 4. The van der Waals surface area contributed by atoms with Crippen molar-refractivity contribution in [2.45, 2.75) is 41.2 Å². The fourth-order valence-electron chi connectivity index (χ4n) is 3.21. The first-order valence-corrected chi connectivity index (χ1v) is 9.91. The van der Waals surface area contributed by atoms with E-state index in [9.17, 15) is 9.59 Å². The minimum atomic E-state index is -0.363. The van der Waals surface area contributed by atoms with Crippen LogP contribution in [0.15, 0.2) is 30.3 Å². The molecule has 0 spiro atoms. The highest BCUT2D eigenvalue weighted by Gasteiger charge is 2.19. The van der Waals surface area contributed by atoms with Crippen LogP contribution >= 0.6 is 0 Å². The minimum absolute atomic E-state index is 0.131. The standard InChI is InChI=1S/C23H31N3O3/c1-7-25(14-17(3)23(28)29-6)22(27)13-12-21-18(4)24-26(19(21)5)15-20-10-8-16(2)9-11-20/h8-13,17H,7,14-15H2,1-6H3/b13-12+. The predicted octanol–water partition coefficient (Wildman–Crippen LogP) is 3.53. The van der Waals surface area contributed by atoms with Crippen molar-refractivity contribution in [3.05, 3.63) is 58.4 Å². The van der Waals surface area contributed by atoms with Crippen molar-refractivity contribution in [3.8, 4) is 0 Å². The molecular weight excluding hydrogens is 366 g/mol. The summed E-state index contributed by atoms with van der Waals surface area (Å²) in [6.45, 7) is 11.2. The molecule has 0 radical (unpaired) electrons. The zero-order valence-corrected chi connectivity index (χ0v) is 18.2. The minimum Gasteiger partial charge on any atom is -0.469 e. The van der Waals surface area contributed by atoms with Crippen molar-refractivity contribution in [2.75, 3.05) is 20.2 Å². The van der Waals surface area contributed by atoms with Crippen molar-refractivity contribution in [1.29, 1.82) is 0 Å². The highest BCUT2D eigenvalue weighted by Crippen LogP contribution is 2.17. The van der Waals surface area contributed by atoms with Crippen LogP contribution < -0.4 is 0 Å². The molecule has 1 aromatic carbocycles. The van der Waals surface area contributed by atoms with Gasteiger partial charge < -0.3 is 9.64 Å². The summed E-state index contributed by atoms with van der Waals surface area (Å²) in [7, 11) is 1.36. The smallest absolute Gasteiger partial charge is 0.310 e. The maximum absolute atomic E-state index is 12.6. The number of carbonyl (C=O) groups excluding carboxylic acids is 2. The second-order valence-corrected chi connectivity index (χ2v) is 7.36. The molecule has 6 heteroatoms. The molecule has 0 saturated carbocycles. The van der Waals surface area contributed by atoms with E-state index in [1.807, 2.05) is 31.5 Å². The normalized spacial score (nSPS) is 12.2. The van der Waals surface area contributed by atoms with Gasteiger partial charge in [0, 0.05) is 30.4 Å². The number of amides is 1. The van der Waals surface area contributed by atoms with Gasteiger partial charge in [-0.3, -0.25) is 14.3 Å². The Labute approximate surface area is 173 Å². The summed E-state index contributed by atoms with van der Waals surface area (Å²) in [5.74, 6) is -0.810. The van der Waals surface area contributed by atoms with Crippen molar-refractivity contribution in [3.63, 3.8) is 0 Å². The van der Waals surface area contributed by atoms with E-state index >= 15 is 0 Å². The van der Waals surface area contributed by atoms with E-state index < -0.39 is 0 Å². The molecule has 0 aliphatic heterocycles. The SMILES string of the molecule is CCN(CC(C)C(=O)OC)C(=O)/C=C/c1c(C)nn(Cc2ccc(C)cc2)c1C. The van der Waals surface area contributed by atoms with Gasteiger partial charge >= 0.3 is 5.97 Å². The summed E-state index contributed by atoms with van der Waals surface area (Å²) in [6.07, 6.45) is 3.37. The Morgan fingerprint density at radius 3 is 2.45 bits per heavy atom. The molecule has 2 aromatic rings. The number of likely N-dealkylation sites (N-methyl/N-ethyl adjacent to an activating group) is 1. The van der Waals surface area contributed by atoms with Gasteiger partial charge in [0.05, 0.1) is 25.3 Å². The van der Waals surface area contributed by atoms with E-state index in [4.69, 9.17) is 4.74 Å². The molecule has 0 fully saturated rings. The third-order valence-electron chi connectivity index (χ3n) is 5.07. The number of nitrogens with zero attached hydrogens (tertiary/aromatic N) is 3. The van der Waals surface area contributed by atoms with E-state index in [2.05, 4.69) is 36.3 Å². The zero-order valence-electron chi connectivity index (χ0n) is 18.2. The van der Waals surface area contributed by atoms with Gasteiger partial charge in [0.25, 0.3) is 0 Å². The first-order chi connectivity index (χ1) is 13.8. The number of ether oxygens (including phenoxy) is 1. The van der Waals surface area contributed by atoms with Crippen molar-refractivity contribution < 1.29 is 14.3 Å². The average Bonchev–Trinajstić information content (AvgIpc) is 2.97. The van der Waals surface area contributed by atoms with Gasteiger partial charge in [0.1, 0.15) is 0 Å². The summed E-state index contributed by atoms with van der Waals surface area (Å²) < 4.78 is 6.71. The van der Waals surface area contributed by atoms with E-state index in [-0.39, 0.29) is 17.8 Å². The lowest BCUT2D eigenvalue weighted by atomic mass is 10.1. The van der Waals surface area contributed by atoms with Crippen LogP contribution in [0.4, 0.5) is 0 Å². The van der Waals surface area contributed by atoms with Crippen LogP contribution in [0.25, 0.3) is 6.08 Å². The second kappa shape index (κ2) is 10.0. The number of aryl methyl sites for hydroxylation is 2. The molecule has 0 N–H and O–H groups in total. The molecule has 1 unspecified atom stereocenters. The van der Waals surface area contributed by atoms with Gasteiger partial charge in [0.2, 0.25) is 5.91 Å². The first-order valence-electron chi connectivity index (χ1n) is 9.91. The Balaban J connectivity index is 2.12. The fraction of sp³-hybridized carbons (Fsp3) is 0.435. The van der Waals surface area contributed by atoms with E-state index in [0.717, 1.165) is 17.0 Å². The van der Waals surface area contributed by atoms with Gasteiger partial charge in [-0.25, -0.2) is 0 Å². The number of esters is 1. The van der Waals surface area contributed by atoms with Crippen LogP contribution in [0.3, 0.4) is 0 Å². The molecule has 1 heterocycles. The molecule has 156 valence electrons. The molecule has 1 amide bonds. The zero-order chi connectivity index (χ0) is 21.6. The topological polar surface area (TPSA) is 64.4 Å². The molecule has 0 aliphatic carbocycles. The molecule has 2 rings (SSSR count). The summed E-state index contributed by atoms with van der Waals surface area (Å²) in [5, 5.41) is 4.63. The summed E-state index contributed by atoms with van der Waals surface area (Å²) in [6, 6.07) is 8.39. The fourth-order valence-corrected chi connectivity index (χ4v) is 3.21. The molecule has 0 bridgehead atoms. The third-order valence-corrected chi connectivity index (χ3v) is 5.07. The Kier molecular flexibility index (Phi) is 7.76. The Morgan fingerprint density at radius 2 is 1.86 bits per heavy atom. The van der Waals surface area contributed by atoms with Crippen molar-refractivity contribution in [1.82, 2.24) is 14.7 Å². The second-order valence-electron chi connectivity index (χ2n) is 7.36. The van der Waals surface area contributed by atoms with Gasteiger partial charge in [-0.2, -0.15) is 5.10 Å². The van der Waals surface area contributed by atoms with Crippen LogP contribution in [0, 0.1) is 26.7 Å². The van der Waals surface area contributed by atoms with Gasteiger partial charge in [0.15, 0.2) is 0 Å². The van der Waals surface area contributed by atoms with Gasteiger partial charge in [-0.05, 0) is 39.3 Å². The maximum atomic E-state index is 12.6. The maximum Gasteiger partial charge on any atom is 0.310 e. The molecule has 1 aromatic heterocycles. The van der Waals surface area contributed by atoms with Crippen LogP contribution in [-0.4, -0.2) is 46.8 Å². The summed E-state index contributed by atoms with van der Waals surface area (Å²) in [5.41, 5.74) is 5.25. The summed E-state index contributed by atoms with van der Waals surface area (Å²) in [4.78, 5) is 25.9. The largest absolute Gasteiger partial charge is 0.469 e. The lowest BCUT2D eigenvalue weighted by Crippen LogP contribution is -2.36. The molecular formula is C23H31N3O3. The van der Waals surface area contributed by atoms with E-state index in [1.165, 1.54) is 18.2 Å². The van der Waals surface area contributed by atoms with Crippen LogP contribution in [0.2, 0.25) is 0 Å². The van der Waals surface area contributed by atoms with Gasteiger partial charge in [-0.1, -0.05) is 36.8 Å². The van der Waals surface area contributed by atoms with Crippen molar-refractivity contribution >= 4 is 18.0 Å². The molecule has 1 atom stereocenters. The Hall–Kier alpha value is -2.89. The molecule has 0 saturated heterocycles. The van der Waals surface area contributed by atoms with Gasteiger partial charge in [-0.15, -0.1) is 0 Å². The van der Waals surface area contributed by atoms with Crippen LogP contribution in [0.1, 0.15) is 41.9 Å². The average molecular weight is 398 g/mol. The lowest BCUT2D eigenvalue weighted by Gasteiger charge is -2.22. The first kappa shape index (κ1) is 22.4. The van der Waals surface area contributed by atoms with Crippen molar-refractivity contribution in [2.24, 2.45) is 5.92 Å². The predicted molar refractivity (Wildman–Crippen MR) is 114 cm³/mol. The number of hydrogen-bond donors (Lipinski definition) is 0. The Morgan fingerprint density at radius 1 is 1.21 bits per heavy atom. The number of rotatable bonds is 8.